The third kappa shape index (κ3) is 3.25. The van der Waals surface area contributed by atoms with Crippen LogP contribution in [0, 0.1) is 13.8 Å². The first kappa shape index (κ1) is 13.8. The van der Waals surface area contributed by atoms with E-state index in [0.29, 0.717) is 11.6 Å². The first-order chi connectivity index (χ1) is 8.97. The van der Waals surface area contributed by atoms with Crippen LogP contribution in [0.1, 0.15) is 29.7 Å². The third-order valence-corrected chi connectivity index (χ3v) is 3.47. The van der Waals surface area contributed by atoms with Gasteiger partial charge in [-0.25, -0.2) is 4.98 Å². The number of halogens is 1. The van der Waals surface area contributed by atoms with Gasteiger partial charge in [0.1, 0.15) is 5.75 Å². The third-order valence-electron chi connectivity index (χ3n) is 2.87. The molecule has 0 saturated carbocycles. The maximum atomic E-state index is 9.41. The smallest absolute Gasteiger partial charge is 0.219 e. The van der Waals surface area contributed by atoms with Crippen LogP contribution in [0.3, 0.4) is 0 Å². The van der Waals surface area contributed by atoms with E-state index in [4.69, 9.17) is 16.3 Å². The minimum Gasteiger partial charge on any atom is -0.439 e. The normalized spacial score (nSPS) is 12.3. The van der Waals surface area contributed by atoms with E-state index in [9.17, 15) is 5.11 Å². The lowest BCUT2D eigenvalue weighted by atomic mass is 10.1. The number of pyridine rings is 1. The highest BCUT2D eigenvalue weighted by molar-refractivity contribution is 6.32. The molecule has 2 aromatic rings. The second-order valence-electron chi connectivity index (χ2n) is 4.58. The van der Waals surface area contributed by atoms with Crippen molar-refractivity contribution in [1.29, 1.82) is 0 Å². The Morgan fingerprint density at radius 2 is 1.84 bits per heavy atom. The quantitative estimate of drug-likeness (QED) is 0.914. The second kappa shape index (κ2) is 5.59. The van der Waals surface area contributed by atoms with E-state index in [1.807, 2.05) is 26.0 Å². The summed E-state index contributed by atoms with van der Waals surface area (Å²) in [5.41, 5.74) is 2.70. The van der Waals surface area contributed by atoms with E-state index >= 15 is 0 Å². The Balaban J connectivity index is 2.21. The molecule has 4 heteroatoms. The molecular formula is C15H16ClNO2. The number of hydrogen-bond donors (Lipinski definition) is 1. The van der Waals surface area contributed by atoms with E-state index in [1.165, 1.54) is 0 Å². The van der Waals surface area contributed by atoms with Crippen LogP contribution in [0.4, 0.5) is 0 Å². The minimum atomic E-state index is -0.526. The molecule has 0 aliphatic rings. The van der Waals surface area contributed by atoms with Gasteiger partial charge in [0.15, 0.2) is 0 Å². The zero-order valence-corrected chi connectivity index (χ0v) is 11.9. The molecule has 1 atom stereocenters. The van der Waals surface area contributed by atoms with E-state index in [0.717, 1.165) is 21.7 Å². The number of aliphatic hydroxyl groups excluding tert-OH is 1. The van der Waals surface area contributed by atoms with Crippen LogP contribution in [-0.4, -0.2) is 10.1 Å². The Morgan fingerprint density at radius 3 is 2.32 bits per heavy atom. The van der Waals surface area contributed by atoms with Crippen molar-refractivity contribution >= 4 is 11.6 Å². The fourth-order valence-electron chi connectivity index (χ4n) is 1.79. The molecule has 0 spiro atoms. The molecule has 0 fully saturated rings. The molecule has 19 heavy (non-hydrogen) atoms. The van der Waals surface area contributed by atoms with Gasteiger partial charge in [0.2, 0.25) is 5.88 Å². The zero-order chi connectivity index (χ0) is 14.0. The van der Waals surface area contributed by atoms with Crippen LogP contribution in [0.5, 0.6) is 11.6 Å². The molecule has 0 saturated heterocycles. The average molecular weight is 278 g/mol. The van der Waals surface area contributed by atoms with E-state index < -0.39 is 6.10 Å². The van der Waals surface area contributed by atoms with Crippen molar-refractivity contribution in [3.63, 3.8) is 0 Å². The lowest BCUT2D eigenvalue weighted by molar-refractivity contribution is 0.198. The lowest BCUT2D eigenvalue weighted by Gasteiger charge is -2.10. The van der Waals surface area contributed by atoms with Gasteiger partial charge in [-0.15, -0.1) is 0 Å². The summed E-state index contributed by atoms with van der Waals surface area (Å²) in [5.74, 6) is 1.20. The number of aliphatic hydroxyl groups is 1. The molecule has 0 aliphatic carbocycles. The predicted molar refractivity (Wildman–Crippen MR) is 75.9 cm³/mol. The molecule has 0 bridgehead atoms. The van der Waals surface area contributed by atoms with Crippen molar-refractivity contribution in [1.82, 2.24) is 4.98 Å². The van der Waals surface area contributed by atoms with Gasteiger partial charge >= 0.3 is 0 Å². The molecule has 0 radical (unpaired) electrons. The maximum absolute atomic E-state index is 9.41. The summed E-state index contributed by atoms with van der Waals surface area (Å²) in [7, 11) is 0. The van der Waals surface area contributed by atoms with Gasteiger partial charge in [0.25, 0.3) is 0 Å². The van der Waals surface area contributed by atoms with Crippen molar-refractivity contribution in [3.05, 3.63) is 52.2 Å². The van der Waals surface area contributed by atoms with Gasteiger partial charge in [0.05, 0.1) is 6.10 Å². The largest absolute Gasteiger partial charge is 0.439 e. The summed E-state index contributed by atoms with van der Waals surface area (Å²) in [4.78, 5) is 4.16. The Kier molecular flexibility index (Phi) is 4.08. The average Bonchev–Trinajstić information content (AvgIpc) is 2.36. The number of hydrogen-bond acceptors (Lipinski definition) is 3. The van der Waals surface area contributed by atoms with Gasteiger partial charge in [0, 0.05) is 17.3 Å². The standard InChI is InChI=1S/C15H16ClNO2/c1-9-6-13(7-10(2)15(9)16)19-14-5-4-12(8-17-14)11(3)18/h4-8,11,18H,1-3H3/t11-/m1/s1. The van der Waals surface area contributed by atoms with Gasteiger partial charge < -0.3 is 9.84 Å². The summed E-state index contributed by atoms with van der Waals surface area (Å²) >= 11 is 6.11. The van der Waals surface area contributed by atoms with Gasteiger partial charge in [-0.1, -0.05) is 11.6 Å². The summed E-state index contributed by atoms with van der Waals surface area (Å²) in [6.45, 7) is 5.57. The van der Waals surface area contributed by atoms with Crippen LogP contribution in [0.15, 0.2) is 30.5 Å². The van der Waals surface area contributed by atoms with Gasteiger partial charge in [-0.2, -0.15) is 0 Å². The van der Waals surface area contributed by atoms with Crippen molar-refractivity contribution in [2.75, 3.05) is 0 Å². The number of ether oxygens (including phenoxy) is 1. The number of rotatable bonds is 3. The summed E-state index contributed by atoms with van der Waals surface area (Å²) in [5, 5.41) is 10.2. The highest BCUT2D eigenvalue weighted by Crippen LogP contribution is 2.28. The molecule has 1 heterocycles. The zero-order valence-electron chi connectivity index (χ0n) is 11.1. The molecule has 1 aromatic carbocycles. The molecule has 0 aliphatic heterocycles. The molecule has 3 nitrogen and oxygen atoms in total. The summed E-state index contributed by atoms with van der Waals surface area (Å²) in [6.07, 6.45) is 1.08. The van der Waals surface area contributed by atoms with Gasteiger partial charge in [-0.3, -0.25) is 0 Å². The molecule has 0 amide bonds. The molecule has 100 valence electrons. The highest BCUT2D eigenvalue weighted by atomic mass is 35.5. The molecule has 1 aromatic heterocycles. The number of aryl methyl sites for hydroxylation is 2. The van der Waals surface area contributed by atoms with Crippen molar-refractivity contribution < 1.29 is 9.84 Å². The Hall–Kier alpha value is -1.58. The molecule has 2 rings (SSSR count). The number of benzene rings is 1. The summed E-state index contributed by atoms with van der Waals surface area (Å²) < 4.78 is 5.68. The van der Waals surface area contributed by atoms with Crippen molar-refractivity contribution in [2.45, 2.75) is 26.9 Å². The van der Waals surface area contributed by atoms with E-state index in [1.54, 1.807) is 25.3 Å². The fourth-order valence-corrected chi connectivity index (χ4v) is 1.89. The van der Waals surface area contributed by atoms with Crippen LogP contribution in [-0.2, 0) is 0 Å². The molecule has 1 N–H and O–H groups in total. The Labute approximate surface area is 117 Å². The van der Waals surface area contributed by atoms with E-state index in [2.05, 4.69) is 4.98 Å². The van der Waals surface area contributed by atoms with Crippen LogP contribution in [0.2, 0.25) is 5.02 Å². The first-order valence-corrected chi connectivity index (χ1v) is 6.44. The van der Waals surface area contributed by atoms with Crippen LogP contribution < -0.4 is 4.74 Å². The van der Waals surface area contributed by atoms with Crippen molar-refractivity contribution in [3.8, 4) is 11.6 Å². The molecule has 0 unspecified atom stereocenters. The Bertz CT molecular complexity index is 556. The fraction of sp³-hybridized carbons (Fsp3) is 0.267. The van der Waals surface area contributed by atoms with Crippen LogP contribution in [0.25, 0.3) is 0 Å². The number of aromatic nitrogens is 1. The van der Waals surface area contributed by atoms with E-state index in [-0.39, 0.29) is 0 Å². The SMILES string of the molecule is Cc1cc(Oc2ccc([C@@H](C)O)cn2)cc(C)c1Cl. The topological polar surface area (TPSA) is 42.4 Å². The van der Waals surface area contributed by atoms with Gasteiger partial charge in [-0.05, 0) is 55.7 Å². The monoisotopic (exact) mass is 277 g/mol. The predicted octanol–water partition coefficient (Wildman–Crippen LogP) is 4.20. The summed E-state index contributed by atoms with van der Waals surface area (Å²) in [6, 6.07) is 7.28. The molecular weight excluding hydrogens is 262 g/mol. The first-order valence-electron chi connectivity index (χ1n) is 6.06. The van der Waals surface area contributed by atoms with Crippen molar-refractivity contribution in [2.24, 2.45) is 0 Å². The van der Waals surface area contributed by atoms with Crippen LogP contribution >= 0.6 is 11.6 Å². The minimum absolute atomic E-state index is 0.491. The number of nitrogens with zero attached hydrogens (tertiary/aromatic N) is 1. The maximum Gasteiger partial charge on any atom is 0.219 e. The Morgan fingerprint density at radius 1 is 1.21 bits per heavy atom. The lowest BCUT2D eigenvalue weighted by Crippen LogP contribution is -1.94. The highest BCUT2D eigenvalue weighted by Gasteiger charge is 2.06. The second-order valence-corrected chi connectivity index (χ2v) is 4.96.